The van der Waals surface area contributed by atoms with Crippen molar-refractivity contribution in [3.8, 4) is 11.5 Å². The molecule has 3 aromatic rings. The van der Waals surface area contributed by atoms with Gasteiger partial charge in [-0.15, -0.1) is 10.2 Å². The van der Waals surface area contributed by atoms with Crippen LogP contribution in [-0.2, 0) is 4.79 Å². The fraction of sp³-hybridized carbons (Fsp3) is 0.105. The highest BCUT2D eigenvalue weighted by Crippen LogP contribution is 2.34. The Kier molecular flexibility index (Phi) is 6.10. The van der Waals surface area contributed by atoms with Crippen LogP contribution in [0.4, 0.5) is 10.8 Å². The smallest absolute Gasteiger partial charge is 0.210 e. The number of anilines is 2. The van der Waals surface area contributed by atoms with Gasteiger partial charge >= 0.3 is 0 Å². The molecule has 138 valence electrons. The standard InChI is InChI=1S/C19H17N3O3S2/c1-12(23)17(13(2)24)26-19-22-21-18(27-19)20-14-8-10-16(11-9-14)25-15-6-4-3-5-7-15/h3-11,23H,1-2H3,(H,20,21). The van der Waals surface area contributed by atoms with Crippen molar-refractivity contribution in [3.63, 3.8) is 0 Å². The van der Waals surface area contributed by atoms with Gasteiger partial charge < -0.3 is 15.2 Å². The predicted molar refractivity (Wildman–Crippen MR) is 108 cm³/mol. The van der Waals surface area contributed by atoms with Gasteiger partial charge in [-0.2, -0.15) is 0 Å². The Morgan fingerprint density at radius 1 is 1.04 bits per heavy atom. The predicted octanol–water partition coefficient (Wildman–Crippen LogP) is 5.54. The first kappa shape index (κ1) is 18.9. The second-order valence-corrected chi connectivity index (χ2v) is 7.75. The van der Waals surface area contributed by atoms with Gasteiger partial charge in [0.25, 0.3) is 0 Å². The number of ether oxygens (including phenoxy) is 1. The lowest BCUT2D eigenvalue weighted by atomic mass is 10.3. The van der Waals surface area contributed by atoms with Crippen molar-refractivity contribution < 1.29 is 14.6 Å². The van der Waals surface area contributed by atoms with E-state index in [0.717, 1.165) is 28.9 Å². The number of hydrogen-bond acceptors (Lipinski definition) is 8. The van der Waals surface area contributed by atoms with E-state index in [1.807, 2.05) is 54.6 Å². The molecule has 0 unspecified atom stereocenters. The number of hydrogen-bond donors (Lipinski definition) is 2. The molecule has 0 aliphatic carbocycles. The van der Waals surface area contributed by atoms with Crippen LogP contribution < -0.4 is 10.1 Å². The summed E-state index contributed by atoms with van der Waals surface area (Å²) in [5.74, 6) is 1.28. The van der Waals surface area contributed by atoms with Gasteiger partial charge in [0.15, 0.2) is 10.1 Å². The maximum absolute atomic E-state index is 11.5. The molecule has 0 saturated heterocycles. The zero-order valence-corrected chi connectivity index (χ0v) is 16.3. The number of nitrogens with one attached hydrogen (secondary N) is 1. The van der Waals surface area contributed by atoms with Gasteiger partial charge in [0.2, 0.25) is 5.13 Å². The van der Waals surface area contributed by atoms with Crippen LogP contribution in [0, 0.1) is 0 Å². The summed E-state index contributed by atoms with van der Waals surface area (Å²) < 4.78 is 6.33. The molecule has 0 spiro atoms. The number of nitrogens with zero attached hydrogens (tertiary/aromatic N) is 2. The molecular weight excluding hydrogens is 382 g/mol. The van der Waals surface area contributed by atoms with Crippen LogP contribution in [0.1, 0.15) is 13.8 Å². The number of aliphatic hydroxyl groups excluding tert-OH is 1. The molecule has 0 atom stereocenters. The van der Waals surface area contributed by atoms with Gasteiger partial charge in [0.05, 0.1) is 4.91 Å². The summed E-state index contributed by atoms with van der Waals surface area (Å²) in [5.41, 5.74) is 0.837. The van der Waals surface area contributed by atoms with Crippen LogP contribution >= 0.6 is 23.1 Å². The Labute approximate surface area is 164 Å². The van der Waals surface area contributed by atoms with E-state index in [4.69, 9.17) is 4.74 Å². The first-order valence-electron chi connectivity index (χ1n) is 8.03. The van der Waals surface area contributed by atoms with Gasteiger partial charge in [0, 0.05) is 5.69 Å². The molecule has 0 aliphatic heterocycles. The molecule has 8 heteroatoms. The summed E-state index contributed by atoms with van der Waals surface area (Å²) in [7, 11) is 0. The van der Waals surface area contributed by atoms with Crippen LogP contribution in [0.15, 0.2) is 69.6 Å². The molecule has 27 heavy (non-hydrogen) atoms. The SMILES string of the molecule is CC(=O)C(Sc1nnc(Nc2ccc(Oc3ccccc3)cc2)s1)=C(C)O. The van der Waals surface area contributed by atoms with E-state index in [2.05, 4.69) is 15.5 Å². The van der Waals surface area contributed by atoms with Crippen molar-refractivity contribution in [1.29, 1.82) is 0 Å². The minimum Gasteiger partial charge on any atom is -0.511 e. The zero-order valence-electron chi connectivity index (χ0n) is 14.7. The highest BCUT2D eigenvalue weighted by Gasteiger charge is 2.14. The lowest BCUT2D eigenvalue weighted by Crippen LogP contribution is -1.95. The molecule has 0 fully saturated rings. The van der Waals surface area contributed by atoms with E-state index in [1.165, 1.54) is 25.2 Å². The first-order chi connectivity index (χ1) is 13.0. The molecule has 2 aromatic carbocycles. The molecule has 6 nitrogen and oxygen atoms in total. The van der Waals surface area contributed by atoms with E-state index < -0.39 is 0 Å². The number of allylic oxidation sites excluding steroid dienone is 2. The minimum absolute atomic E-state index is 0.0220. The van der Waals surface area contributed by atoms with Crippen LogP contribution in [0.2, 0.25) is 0 Å². The zero-order chi connectivity index (χ0) is 19.2. The highest BCUT2D eigenvalue weighted by atomic mass is 32.2. The van der Waals surface area contributed by atoms with Gasteiger partial charge in [0.1, 0.15) is 17.3 Å². The lowest BCUT2D eigenvalue weighted by Gasteiger charge is -2.07. The van der Waals surface area contributed by atoms with Crippen molar-refractivity contribution in [3.05, 3.63) is 65.3 Å². The second kappa shape index (κ2) is 8.70. The van der Waals surface area contributed by atoms with Crippen LogP contribution in [-0.4, -0.2) is 21.1 Å². The van der Waals surface area contributed by atoms with Gasteiger partial charge in [-0.05, 0) is 62.0 Å². The topological polar surface area (TPSA) is 84.3 Å². The Morgan fingerprint density at radius 2 is 1.70 bits per heavy atom. The van der Waals surface area contributed by atoms with E-state index in [-0.39, 0.29) is 16.4 Å². The number of Topliss-reactive ketones (excluding diaryl/α,β-unsaturated/α-hetero) is 1. The fourth-order valence-corrected chi connectivity index (χ4v) is 3.84. The molecule has 1 aromatic heterocycles. The minimum atomic E-state index is -0.210. The lowest BCUT2D eigenvalue weighted by molar-refractivity contribution is -0.113. The normalized spacial score (nSPS) is 11.6. The van der Waals surface area contributed by atoms with Crippen LogP contribution in [0.3, 0.4) is 0 Å². The van der Waals surface area contributed by atoms with Gasteiger partial charge in [-0.1, -0.05) is 29.5 Å². The molecule has 2 N–H and O–H groups in total. The summed E-state index contributed by atoms with van der Waals surface area (Å²) >= 11 is 2.40. The third-order valence-electron chi connectivity index (χ3n) is 3.33. The van der Waals surface area contributed by atoms with Crippen molar-refractivity contribution in [2.75, 3.05) is 5.32 Å². The van der Waals surface area contributed by atoms with Crippen molar-refractivity contribution in [2.45, 2.75) is 18.2 Å². The summed E-state index contributed by atoms with van der Waals surface area (Å²) in [5, 5.41) is 21.4. The Morgan fingerprint density at radius 3 is 2.33 bits per heavy atom. The van der Waals surface area contributed by atoms with Crippen LogP contribution in [0.5, 0.6) is 11.5 Å². The Balaban J connectivity index is 1.63. The first-order valence-corrected chi connectivity index (χ1v) is 9.66. The molecule has 1 heterocycles. The van der Waals surface area contributed by atoms with E-state index >= 15 is 0 Å². The molecule has 0 radical (unpaired) electrons. The number of thioether (sulfide) groups is 1. The molecular formula is C19H17N3O3S2. The monoisotopic (exact) mass is 399 g/mol. The third kappa shape index (κ3) is 5.32. The second-order valence-electron chi connectivity index (χ2n) is 5.51. The number of aliphatic hydroxyl groups is 1. The fourth-order valence-electron chi connectivity index (χ4n) is 2.14. The maximum atomic E-state index is 11.5. The number of carbonyl (C=O) groups is 1. The van der Waals surface area contributed by atoms with E-state index in [0.29, 0.717) is 9.47 Å². The van der Waals surface area contributed by atoms with Crippen molar-refractivity contribution >= 4 is 39.7 Å². The number of carbonyl (C=O) groups excluding carboxylic acids is 1. The number of rotatable bonds is 7. The molecule has 0 bridgehead atoms. The average molecular weight is 399 g/mol. The van der Waals surface area contributed by atoms with E-state index in [9.17, 15) is 9.90 Å². The van der Waals surface area contributed by atoms with Gasteiger partial charge in [-0.3, -0.25) is 4.79 Å². The largest absolute Gasteiger partial charge is 0.511 e. The molecule has 0 aliphatic rings. The van der Waals surface area contributed by atoms with Crippen LogP contribution in [0.25, 0.3) is 0 Å². The Bertz CT molecular complexity index is 950. The number of benzene rings is 2. The molecule has 0 saturated carbocycles. The summed E-state index contributed by atoms with van der Waals surface area (Å²) in [4.78, 5) is 11.8. The maximum Gasteiger partial charge on any atom is 0.210 e. The van der Waals surface area contributed by atoms with Crippen molar-refractivity contribution in [1.82, 2.24) is 10.2 Å². The third-order valence-corrected chi connectivity index (χ3v) is 5.51. The highest BCUT2D eigenvalue weighted by molar-refractivity contribution is 8.05. The average Bonchev–Trinajstić information content (AvgIpc) is 3.09. The summed E-state index contributed by atoms with van der Waals surface area (Å²) in [6.45, 7) is 2.88. The Hall–Kier alpha value is -2.84. The molecule has 3 rings (SSSR count). The number of ketones is 1. The summed E-state index contributed by atoms with van der Waals surface area (Å²) in [6.07, 6.45) is 0. The molecule has 0 amide bonds. The van der Waals surface area contributed by atoms with Crippen molar-refractivity contribution in [2.24, 2.45) is 0 Å². The quantitative estimate of drug-likeness (QED) is 0.306. The number of aromatic nitrogens is 2. The van der Waals surface area contributed by atoms with Gasteiger partial charge in [-0.25, -0.2) is 0 Å². The van der Waals surface area contributed by atoms with E-state index in [1.54, 1.807) is 0 Å². The number of para-hydroxylation sites is 1. The summed E-state index contributed by atoms with van der Waals surface area (Å²) in [6, 6.07) is 17.0.